The molecule has 1 fully saturated rings. The largest absolute Gasteiger partial charge is 0.417 e. The standard InChI is InChI=1S/C25H24Cl2F3N3/c1-33(24-10-8-18(13-32-24)25(28,29)30)23(11-16-5-3-2-4-6-16)20-15-31-14-19(20)17-7-9-21(26)22(27)12-17/h2-10,12-13,19-20,23,31H,11,14-15H2,1H3. The van der Waals surface area contributed by atoms with Crippen LogP contribution in [0.1, 0.15) is 22.6 Å². The number of aromatic nitrogens is 1. The number of hydrogen-bond donors (Lipinski definition) is 1. The van der Waals surface area contributed by atoms with Crippen LogP contribution in [0.15, 0.2) is 66.9 Å². The van der Waals surface area contributed by atoms with Gasteiger partial charge in [-0.25, -0.2) is 4.98 Å². The number of pyridine rings is 1. The van der Waals surface area contributed by atoms with Crippen molar-refractivity contribution in [3.05, 3.63) is 93.6 Å². The highest BCUT2D eigenvalue weighted by Crippen LogP contribution is 2.37. The second kappa shape index (κ2) is 9.92. The summed E-state index contributed by atoms with van der Waals surface area (Å²) in [5.41, 5.74) is 1.49. The Morgan fingerprint density at radius 1 is 1.03 bits per heavy atom. The number of halogens is 5. The lowest BCUT2D eigenvalue weighted by Crippen LogP contribution is -2.43. The molecule has 1 saturated heterocycles. The van der Waals surface area contributed by atoms with Crippen LogP contribution in [0.3, 0.4) is 0 Å². The lowest BCUT2D eigenvalue weighted by Gasteiger charge is -2.36. The fourth-order valence-electron chi connectivity index (χ4n) is 4.57. The molecule has 174 valence electrons. The maximum Gasteiger partial charge on any atom is 0.417 e. The Bertz CT molecular complexity index is 1070. The molecule has 3 atom stereocenters. The predicted molar refractivity (Wildman–Crippen MR) is 127 cm³/mol. The van der Waals surface area contributed by atoms with Crippen molar-refractivity contribution in [3.63, 3.8) is 0 Å². The first-order valence-electron chi connectivity index (χ1n) is 10.7. The van der Waals surface area contributed by atoms with Gasteiger partial charge in [0, 0.05) is 44.2 Å². The summed E-state index contributed by atoms with van der Waals surface area (Å²) in [5.74, 6) is 0.852. The van der Waals surface area contributed by atoms with Crippen LogP contribution in [-0.2, 0) is 12.6 Å². The Labute approximate surface area is 201 Å². The number of likely N-dealkylation sites (N-methyl/N-ethyl adjacent to an activating group) is 1. The fourth-order valence-corrected chi connectivity index (χ4v) is 4.88. The van der Waals surface area contributed by atoms with Crippen LogP contribution in [0.5, 0.6) is 0 Å². The van der Waals surface area contributed by atoms with E-state index in [1.165, 1.54) is 6.07 Å². The SMILES string of the molecule is CN(c1ccc(C(F)(F)F)cn1)C(Cc1ccccc1)C1CNCC1c1ccc(Cl)c(Cl)c1. The van der Waals surface area contributed by atoms with E-state index >= 15 is 0 Å². The van der Waals surface area contributed by atoms with Gasteiger partial charge in [-0.3, -0.25) is 0 Å². The van der Waals surface area contributed by atoms with Crippen molar-refractivity contribution in [3.8, 4) is 0 Å². The number of nitrogens with zero attached hydrogens (tertiary/aromatic N) is 2. The Kier molecular flexibility index (Phi) is 7.17. The van der Waals surface area contributed by atoms with Gasteiger partial charge in [-0.1, -0.05) is 59.6 Å². The van der Waals surface area contributed by atoms with Crippen LogP contribution in [0, 0.1) is 5.92 Å². The van der Waals surface area contributed by atoms with Gasteiger partial charge in [-0.05, 0) is 41.8 Å². The summed E-state index contributed by atoms with van der Waals surface area (Å²) in [5, 5.41) is 4.51. The van der Waals surface area contributed by atoms with Crippen molar-refractivity contribution in [2.45, 2.75) is 24.6 Å². The Hall–Kier alpha value is -2.28. The molecule has 0 bridgehead atoms. The van der Waals surface area contributed by atoms with E-state index in [2.05, 4.69) is 22.4 Å². The summed E-state index contributed by atoms with van der Waals surface area (Å²) in [7, 11) is 1.90. The second-order valence-electron chi connectivity index (χ2n) is 8.37. The highest BCUT2D eigenvalue weighted by atomic mass is 35.5. The van der Waals surface area contributed by atoms with E-state index in [-0.39, 0.29) is 17.9 Å². The summed E-state index contributed by atoms with van der Waals surface area (Å²) < 4.78 is 39.1. The number of alkyl halides is 3. The van der Waals surface area contributed by atoms with Crippen LogP contribution in [0.25, 0.3) is 0 Å². The predicted octanol–water partition coefficient (Wildman–Crippen LogP) is 6.46. The topological polar surface area (TPSA) is 28.2 Å². The first-order chi connectivity index (χ1) is 15.7. The van der Waals surface area contributed by atoms with Crippen molar-refractivity contribution in [2.75, 3.05) is 25.0 Å². The third-order valence-corrected chi connectivity index (χ3v) is 7.09. The van der Waals surface area contributed by atoms with Gasteiger partial charge in [-0.15, -0.1) is 0 Å². The number of anilines is 1. The van der Waals surface area contributed by atoms with Gasteiger partial charge in [0.05, 0.1) is 15.6 Å². The number of benzene rings is 2. The molecule has 1 aromatic heterocycles. The van der Waals surface area contributed by atoms with Crippen molar-refractivity contribution in [1.29, 1.82) is 0 Å². The average Bonchev–Trinajstić information content (AvgIpc) is 3.29. The Balaban J connectivity index is 1.67. The Morgan fingerprint density at radius 3 is 2.42 bits per heavy atom. The van der Waals surface area contributed by atoms with Gasteiger partial charge in [0.15, 0.2) is 0 Å². The van der Waals surface area contributed by atoms with E-state index < -0.39 is 11.7 Å². The summed E-state index contributed by atoms with van der Waals surface area (Å²) in [4.78, 5) is 6.14. The first-order valence-corrected chi connectivity index (χ1v) is 11.5. The molecule has 33 heavy (non-hydrogen) atoms. The quantitative estimate of drug-likeness (QED) is 0.427. The van der Waals surface area contributed by atoms with Crippen molar-refractivity contribution < 1.29 is 13.2 Å². The molecule has 3 unspecified atom stereocenters. The maximum absolute atomic E-state index is 13.0. The molecule has 1 N–H and O–H groups in total. The first kappa shape index (κ1) is 23.9. The zero-order valence-electron chi connectivity index (χ0n) is 18.0. The van der Waals surface area contributed by atoms with E-state index in [9.17, 15) is 13.2 Å². The molecular weight excluding hydrogens is 470 g/mol. The van der Waals surface area contributed by atoms with Gasteiger partial charge in [0.25, 0.3) is 0 Å². The molecule has 0 radical (unpaired) electrons. The molecule has 3 aromatic rings. The molecule has 2 aromatic carbocycles. The van der Waals surface area contributed by atoms with Crippen molar-refractivity contribution in [1.82, 2.24) is 10.3 Å². The lowest BCUT2D eigenvalue weighted by molar-refractivity contribution is -0.137. The van der Waals surface area contributed by atoms with Gasteiger partial charge in [-0.2, -0.15) is 13.2 Å². The van der Waals surface area contributed by atoms with Crippen LogP contribution >= 0.6 is 23.2 Å². The molecule has 0 aliphatic carbocycles. The number of rotatable bonds is 6. The third-order valence-electron chi connectivity index (χ3n) is 6.35. The normalized spacial score (nSPS) is 19.5. The second-order valence-corrected chi connectivity index (χ2v) is 9.19. The third kappa shape index (κ3) is 5.45. The molecule has 0 saturated carbocycles. The molecule has 8 heteroatoms. The number of hydrogen-bond acceptors (Lipinski definition) is 3. The smallest absolute Gasteiger partial charge is 0.356 e. The molecule has 4 rings (SSSR count). The molecule has 3 nitrogen and oxygen atoms in total. The van der Waals surface area contributed by atoms with E-state index in [4.69, 9.17) is 23.2 Å². The van der Waals surface area contributed by atoms with Crippen LogP contribution in [0.4, 0.5) is 19.0 Å². The summed E-state index contributed by atoms with van der Waals surface area (Å²) >= 11 is 12.4. The van der Waals surface area contributed by atoms with Gasteiger partial charge in [0.2, 0.25) is 0 Å². The zero-order chi connectivity index (χ0) is 23.6. The van der Waals surface area contributed by atoms with Gasteiger partial charge >= 0.3 is 6.18 Å². The highest BCUT2D eigenvalue weighted by Gasteiger charge is 2.38. The summed E-state index contributed by atoms with van der Waals surface area (Å²) in [6.07, 6.45) is -2.79. The molecule has 2 heterocycles. The van der Waals surface area contributed by atoms with Crippen LogP contribution in [-0.4, -0.2) is 31.2 Å². The molecule has 1 aliphatic heterocycles. The molecule has 1 aliphatic rings. The molecule has 0 amide bonds. The minimum absolute atomic E-state index is 0.00825. The zero-order valence-corrected chi connectivity index (χ0v) is 19.5. The average molecular weight is 494 g/mol. The lowest BCUT2D eigenvalue weighted by atomic mass is 9.81. The highest BCUT2D eigenvalue weighted by molar-refractivity contribution is 6.42. The van der Waals surface area contributed by atoms with Crippen LogP contribution in [0.2, 0.25) is 10.0 Å². The summed E-state index contributed by atoms with van der Waals surface area (Å²) in [6.45, 7) is 1.55. The maximum atomic E-state index is 13.0. The van der Waals surface area contributed by atoms with Gasteiger partial charge in [0.1, 0.15) is 5.82 Å². The van der Waals surface area contributed by atoms with Crippen molar-refractivity contribution in [2.24, 2.45) is 5.92 Å². The van der Waals surface area contributed by atoms with Gasteiger partial charge < -0.3 is 10.2 Å². The van der Waals surface area contributed by atoms with E-state index in [0.29, 0.717) is 15.9 Å². The number of nitrogens with one attached hydrogen (secondary N) is 1. The molecular formula is C25H24Cl2F3N3. The fraction of sp³-hybridized carbons (Fsp3) is 0.320. The minimum atomic E-state index is -4.41. The molecule has 0 spiro atoms. The monoisotopic (exact) mass is 493 g/mol. The van der Waals surface area contributed by atoms with E-state index in [1.54, 1.807) is 0 Å². The van der Waals surface area contributed by atoms with E-state index in [1.807, 2.05) is 48.3 Å². The van der Waals surface area contributed by atoms with E-state index in [0.717, 1.165) is 42.9 Å². The Morgan fingerprint density at radius 2 is 1.79 bits per heavy atom. The van der Waals surface area contributed by atoms with Crippen LogP contribution < -0.4 is 10.2 Å². The minimum Gasteiger partial charge on any atom is -0.356 e. The summed E-state index contributed by atoms with van der Waals surface area (Å²) in [6, 6.07) is 18.3. The van der Waals surface area contributed by atoms with Crippen molar-refractivity contribution >= 4 is 29.0 Å².